The van der Waals surface area contributed by atoms with E-state index in [4.69, 9.17) is 4.74 Å². The molecule has 7 nitrogen and oxygen atoms in total. The van der Waals surface area contributed by atoms with Gasteiger partial charge in [0.25, 0.3) is 0 Å². The molecule has 1 saturated carbocycles. The van der Waals surface area contributed by atoms with E-state index in [2.05, 4.69) is 10.6 Å². The maximum atomic E-state index is 13.4. The molecule has 186 valence electrons. The molecule has 0 aromatic heterocycles. The first-order valence-corrected chi connectivity index (χ1v) is 12.6. The molecule has 1 saturated heterocycles. The van der Waals surface area contributed by atoms with Gasteiger partial charge in [0, 0.05) is 36.7 Å². The van der Waals surface area contributed by atoms with Crippen molar-refractivity contribution in [3.63, 3.8) is 0 Å². The minimum absolute atomic E-state index is 0.0161. The lowest BCUT2D eigenvalue weighted by Gasteiger charge is -2.41. The molecule has 2 N–H and O–H groups in total. The van der Waals surface area contributed by atoms with E-state index in [0.29, 0.717) is 25.3 Å². The van der Waals surface area contributed by atoms with Crippen LogP contribution in [0.2, 0.25) is 0 Å². The molecule has 1 aliphatic carbocycles. The van der Waals surface area contributed by atoms with E-state index >= 15 is 0 Å². The Morgan fingerprint density at radius 3 is 2.29 bits per heavy atom. The second kappa shape index (κ2) is 11.4. The topological polar surface area (TPSA) is 87.7 Å². The average molecular weight is 478 g/mol. The third kappa shape index (κ3) is 5.66. The van der Waals surface area contributed by atoms with Crippen molar-refractivity contribution in [1.29, 1.82) is 0 Å². The number of ether oxygens (including phenoxy) is 1. The summed E-state index contributed by atoms with van der Waals surface area (Å²) < 4.78 is 5.62. The number of nitrogens with one attached hydrogen (secondary N) is 2. The number of hydrogen-bond acceptors (Lipinski definition) is 4. The van der Waals surface area contributed by atoms with E-state index in [9.17, 15) is 14.4 Å². The highest BCUT2D eigenvalue weighted by Crippen LogP contribution is 2.43. The minimum Gasteiger partial charge on any atom is -0.496 e. The minimum atomic E-state index is -0.497. The number of para-hydroxylation sites is 1. The van der Waals surface area contributed by atoms with Gasteiger partial charge in [0.2, 0.25) is 17.7 Å². The lowest BCUT2D eigenvalue weighted by molar-refractivity contribution is -0.130. The van der Waals surface area contributed by atoms with Crippen LogP contribution in [0.4, 0.5) is 5.69 Å². The van der Waals surface area contributed by atoms with E-state index in [-0.39, 0.29) is 30.1 Å². The molecule has 2 aromatic carbocycles. The molecule has 1 heterocycles. The number of anilines is 1. The van der Waals surface area contributed by atoms with Crippen molar-refractivity contribution in [2.24, 2.45) is 11.8 Å². The van der Waals surface area contributed by atoms with Crippen molar-refractivity contribution in [3.05, 3.63) is 59.7 Å². The molecule has 0 bridgehead atoms. The van der Waals surface area contributed by atoms with Gasteiger partial charge in [0.1, 0.15) is 5.75 Å². The van der Waals surface area contributed by atoms with Crippen LogP contribution in [0.15, 0.2) is 48.5 Å². The van der Waals surface area contributed by atoms with Gasteiger partial charge >= 0.3 is 0 Å². The van der Waals surface area contributed by atoms with Gasteiger partial charge in [-0.25, -0.2) is 0 Å². The second-order valence-corrected chi connectivity index (χ2v) is 9.49. The zero-order valence-electron chi connectivity index (χ0n) is 20.6. The van der Waals surface area contributed by atoms with Gasteiger partial charge in [-0.15, -0.1) is 0 Å². The fourth-order valence-electron chi connectivity index (χ4n) is 5.28. The summed E-state index contributed by atoms with van der Waals surface area (Å²) in [6, 6.07) is 14.9. The van der Waals surface area contributed by atoms with Gasteiger partial charge in [0.05, 0.1) is 19.1 Å². The zero-order valence-corrected chi connectivity index (χ0v) is 20.6. The normalized spacial score (nSPS) is 20.5. The second-order valence-electron chi connectivity index (χ2n) is 9.49. The SMILES string of the molecule is COc1ccccc1C1C(C(=O)NCCNC(=O)C2CCCC2)CCC(=O)N1c1ccc(C)cc1. The van der Waals surface area contributed by atoms with Crippen LogP contribution in [0.1, 0.15) is 55.7 Å². The van der Waals surface area contributed by atoms with Crippen molar-refractivity contribution in [2.45, 2.75) is 51.5 Å². The standard InChI is InChI=1S/C28H35N3O4/c1-19-11-13-21(14-12-19)31-25(32)16-15-23(26(31)22-9-5-6-10-24(22)35-2)28(34)30-18-17-29-27(33)20-7-3-4-8-20/h5-6,9-14,20,23,26H,3-4,7-8,15-18H2,1-2H3,(H,29,33)(H,30,34). The Kier molecular flexibility index (Phi) is 8.06. The van der Waals surface area contributed by atoms with E-state index in [1.54, 1.807) is 12.0 Å². The fourth-order valence-corrected chi connectivity index (χ4v) is 5.28. The molecule has 3 amide bonds. The lowest BCUT2D eigenvalue weighted by atomic mass is 9.82. The Hall–Kier alpha value is -3.35. The molecule has 2 fully saturated rings. The first-order valence-electron chi connectivity index (χ1n) is 12.6. The lowest BCUT2D eigenvalue weighted by Crippen LogP contribution is -2.49. The molecule has 35 heavy (non-hydrogen) atoms. The summed E-state index contributed by atoms with van der Waals surface area (Å²) in [4.78, 5) is 40.6. The highest BCUT2D eigenvalue weighted by atomic mass is 16.5. The monoisotopic (exact) mass is 477 g/mol. The predicted molar refractivity (Wildman–Crippen MR) is 135 cm³/mol. The third-order valence-corrected chi connectivity index (χ3v) is 7.15. The van der Waals surface area contributed by atoms with Gasteiger partial charge in [-0.2, -0.15) is 0 Å². The van der Waals surface area contributed by atoms with Crippen molar-refractivity contribution in [1.82, 2.24) is 10.6 Å². The summed E-state index contributed by atoms with van der Waals surface area (Å²) in [7, 11) is 1.60. The molecule has 1 aliphatic heterocycles. The number of benzene rings is 2. The molecule has 0 spiro atoms. The highest BCUT2D eigenvalue weighted by Gasteiger charge is 2.42. The molecular weight excluding hydrogens is 442 g/mol. The van der Waals surface area contributed by atoms with Gasteiger partial charge in [-0.1, -0.05) is 48.7 Å². The maximum absolute atomic E-state index is 13.4. The number of hydrogen-bond donors (Lipinski definition) is 2. The number of carbonyl (C=O) groups is 3. The first kappa shape index (κ1) is 24.8. The largest absolute Gasteiger partial charge is 0.496 e. The summed E-state index contributed by atoms with van der Waals surface area (Å²) in [6.07, 6.45) is 4.85. The number of amides is 3. The molecule has 2 unspecified atom stereocenters. The third-order valence-electron chi connectivity index (χ3n) is 7.15. The van der Waals surface area contributed by atoms with Crippen LogP contribution >= 0.6 is 0 Å². The summed E-state index contributed by atoms with van der Waals surface area (Å²) in [5.74, 6) is 0.241. The van der Waals surface area contributed by atoms with Crippen molar-refractivity contribution < 1.29 is 19.1 Å². The first-order chi connectivity index (χ1) is 17.0. The molecule has 0 radical (unpaired) electrons. The number of piperidine rings is 1. The van der Waals surface area contributed by atoms with Gasteiger partial charge in [-0.05, 0) is 44.4 Å². The number of carbonyl (C=O) groups excluding carboxylic acids is 3. The molecule has 2 atom stereocenters. The average Bonchev–Trinajstić information content (AvgIpc) is 3.42. The quantitative estimate of drug-likeness (QED) is 0.565. The Morgan fingerprint density at radius 2 is 1.60 bits per heavy atom. The summed E-state index contributed by atoms with van der Waals surface area (Å²) in [5.41, 5.74) is 2.66. The fraction of sp³-hybridized carbons (Fsp3) is 0.464. The molecular formula is C28H35N3O4. The van der Waals surface area contributed by atoms with Crippen LogP contribution in [-0.4, -0.2) is 37.9 Å². The van der Waals surface area contributed by atoms with E-state index in [1.807, 2.05) is 55.5 Å². The van der Waals surface area contributed by atoms with Crippen LogP contribution in [0.5, 0.6) is 5.75 Å². The van der Waals surface area contributed by atoms with E-state index in [0.717, 1.165) is 42.5 Å². The molecule has 2 aromatic rings. The van der Waals surface area contributed by atoms with Crippen LogP contribution in [-0.2, 0) is 14.4 Å². The summed E-state index contributed by atoms with van der Waals surface area (Å²) in [5, 5.41) is 5.95. The summed E-state index contributed by atoms with van der Waals surface area (Å²) in [6.45, 7) is 2.75. The Balaban J connectivity index is 1.53. The Labute approximate surface area is 207 Å². The molecule has 2 aliphatic rings. The van der Waals surface area contributed by atoms with Gasteiger partial charge < -0.3 is 20.3 Å². The number of methoxy groups -OCH3 is 1. The van der Waals surface area contributed by atoms with Crippen molar-refractivity contribution >= 4 is 23.4 Å². The number of nitrogens with zero attached hydrogens (tertiary/aromatic N) is 1. The maximum Gasteiger partial charge on any atom is 0.227 e. The Bertz CT molecular complexity index is 1050. The number of rotatable bonds is 8. The number of aryl methyl sites for hydroxylation is 1. The van der Waals surface area contributed by atoms with Gasteiger partial charge in [-0.3, -0.25) is 14.4 Å². The van der Waals surface area contributed by atoms with Crippen LogP contribution in [0.3, 0.4) is 0 Å². The van der Waals surface area contributed by atoms with Crippen LogP contribution in [0.25, 0.3) is 0 Å². The van der Waals surface area contributed by atoms with Crippen LogP contribution < -0.4 is 20.3 Å². The summed E-state index contributed by atoms with van der Waals surface area (Å²) >= 11 is 0. The molecule has 4 rings (SSSR count). The predicted octanol–water partition coefficient (Wildman–Crippen LogP) is 3.91. The van der Waals surface area contributed by atoms with E-state index < -0.39 is 12.0 Å². The van der Waals surface area contributed by atoms with Crippen molar-refractivity contribution in [3.8, 4) is 5.75 Å². The van der Waals surface area contributed by atoms with Crippen LogP contribution in [0, 0.1) is 18.8 Å². The van der Waals surface area contributed by atoms with E-state index in [1.165, 1.54) is 0 Å². The zero-order chi connectivity index (χ0) is 24.8. The smallest absolute Gasteiger partial charge is 0.227 e. The van der Waals surface area contributed by atoms with Gasteiger partial charge in [0.15, 0.2) is 0 Å². The highest BCUT2D eigenvalue weighted by molar-refractivity contribution is 5.97. The Morgan fingerprint density at radius 1 is 0.943 bits per heavy atom. The molecule has 7 heteroatoms. The van der Waals surface area contributed by atoms with Crippen molar-refractivity contribution in [2.75, 3.05) is 25.1 Å².